The molecule has 2 aromatic carbocycles. The summed E-state index contributed by atoms with van der Waals surface area (Å²) >= 11 is 0. The Morgan fingerprint density at radius 1 is 0.767 bits per heavy atom. The number of imidazole rings is 1. The summed E-state index contributed by atoms with van der Waals surface area (Å²) < 4.78 is 2.39. The van der Waals surface area contributed by atoms with Crippen molar-refractivity contribution in [2.45, 2.75) is 82.0 Å². The molecular weight excluding hydrogens is 366 g/mol. The summed E-state index contributed by atoms with van der Waals surface area (Å²) in [5.74, 6) is 4.28. The highest BCUT2D eigenvalue weighted by Gasteiger charge is 2.45. The quantitative estimate of drug-likeness (QED) is 0.334. The Kier molecular flexibility index (Phi) is 2.66. The molecule has 0 spiro atoms. The third-order valence-electron chi connectivity index (χ3n) is 8.80. The fraction of sp³-hybridized carbons (Fsp3) is 0.481. The number of aromatic nitrogens is 3. The SMILES string of the molecule is CC(C)(C)c1nc2cc3c(cc2c2nc4cc5c(cc4n12)[C@H]1CCC51)[C@@H]1CC[C@H]3C1. The first-order valence-electron chi connectivity index (χ1n) is 11.8. The zero-order valence-corrected chi connectivity index (χ0v) is 18.0. The van der Waals surface area contributed by atoms with Crippen LogP contribution >= 0.6 is 0 Å². The lowest BCUT2D eigenvalue weighted by atomic mass is 9.56. The highest BCUT2D eigenvalue weighted by atomic mass is 15.1. The fourth-order valence-corrected chi connectivity index (χ4v) is 7.16. The second-order valence-corrected chi connectivity index (χ2v) is 11.4. The largest absolute Gasteiger partial charge is 0.279 e. The van der Waals surface area contributed by atoms with Crippen molar-refractivity contribution >= 4 is 27.6 Å². The molecule has 2 saturated carbocycles. The van der Waals surface area contributed by atoms with E-state index in [0.717, 1.165) is 46.2 Å². The van der Waals surface area contributed by atoms with Crippen molar-refractivity contribution in [1.82, 2.24) is 14.4 Å². The molecule has 0 amide bonds. The number of hydrogen-bond donors (Lipinski definition) is 0. The average molecular weight is 394 g/mol. The van der Waals surface area contributed by atoms with Gasteiger partial charge >= 0.3 is 0 Å². The molecule has 3 heteroatoms. The highest BCUT2D eigenvalue weighted by Crippen LogP contribution is 2.60. The number of nitrogens with zero attached hydrogens (tertiary/aromatic N) is 3. The molecule has 4 aliphatic rings. The molecule has 4 aromatic rings. The summed E-state index contributed by atoms with van der Waals surface area (Å²) in [6, 6.07) is 9.72. The van der Waals surface area contributed by atoms with Gasteiger partial charge in [0.25, 0.3) is 0 Å². The fourth-order valence-electron chi connectivity index (χ4n) is 7.16. The predicted octanol–water partition coefficient (Wildman–Crippen LogP) is 6.67. The third kappa shape index (κ3) is 1.76. The van der Waals surface area contributed by atoms with Gasteiger partial charge in [0.2, 0.25) is 0 Å². The zero-order chi connectivity index (χ0) is 19.9. The molecular formula is C27H27N3. The first-order chi connectivity index (χ1) is 14.5. The first kappa shape index (κ1) is 16.3. The molecule has 1 unspecified atom stereocenters. The minimum atomic E-state index is -0.0416. The highest BCUT2D eigenvalue weighted by molar-refractivity contribution is 5.98. The van der Waals surface area contributed by atoms with Crippen molar-refractivity contribution in [2.24, 2.45) is 0 Å². The summed E-state index contributed by atoms with van der Waals surface area (Å²) in [5.41, 5.74) is 10.9. The first-order valence-corrected chi connectivity index (χ1v) is 11.8. The summed E-state index contributed by atoms with van der Waals surface area (Å²) in [5, 5.41) is 1.25. The Balaban J connectivity index is 1.52. The summed E-state index contributed by atoms with van der Waals surface area (Å²) in [6.45, 7) is 6.85. The molecule has 8 rings (SSSR count). The standard InChI is InChI=1S/C27H27N3/c1-27(2,3)26-29-22-10-18-14-5-4-13(8-14)17(18)9-21(22)25-28-23-11-19-15-6-7-16(15)20(19)12-24(23)30(25)26/h9-16H,4-8H2,1-3H3/t13-,14+,15?,16+/m1/s1. The Labute approximate surface area is 176 Å². The van der Waals surface area contributed by atoms with Crippen LogP contribution in [-0.4, -0.2) is 14.4 Å². The van der Waals surface area contributed by atoms with E-state index in [2.05, 4.69) is 49.4 Å². The minimum absolute atomic E-state index is 0.0416. The van der Waals surface area contributed by atoms with Gasteiger partial charge in [-0.1, -0.05) is 20.8 Å². The van der Waals surface area contributed by atoms with E-state index in [1.807, 2.05) is 0 Å². The molecule has 3 nitrogen and oxygen atoms in total. The second-order valence-electron chi connectivity index (χ2n) is 11.4. The van der Waals surface area contributed by atoms with Gasteiger partial charge in [-0.25, -0.2) is 9.97 Å². The van der Waals surface area contributed by atoms with Crippen LogP contribution < -0.4 is 0 Å². The molecule has 150 valence electrons. The van der Waals surface area contributed by atoms with Crippen LogP contribution in [0.15, 0.2) is 24.3 Å². The zero-order valence-electron chi connectivity index (χ0n) is 18.0. The summed E-state index contributed by atoms with van der Waals surface area (Å²) in [4.78, 5) is 10.5. The van der Waals surface area contributed by atoms with E-state index in [1.165, 1.54) is 43.0 Å². The van der Waals surface area contributed by atoms with Crippen molar-refractivity contribution in [1.29, 1.82) is 0 Å². The molecule has 2 fully saturated rings. The summed E-state index contributed by atoms with van der Waals surface area (Å²) in [6.07, 6.45) is 6.79. The maximum absolute atomic E-state index is 5.30. The number of fused-ring (bicyclic) bond motifs is 14. The maximum Gasteiger partial charge on any atom is 0.148 e. The van der Waals surface area contributed by atoms with E-state index in [1.54, 1.807) is 22.3 Å². The van der Waals surface area contributed by atoms with Crippen LogP contribution in [0, 0.1) is 0 Å². The lowest BCUT2D eigenvalue weighted by Gasteiger charge is -2.48. The van der Waals surface area contributed by atoms with Crippen LogP contribution in [-0.2, 0) is 5.41 Å². The molecule has 2 aromatic heterocycles. The lowest BCUT2D eigenvalue weighted by molar-refractivity contribution is 0.295. The Morgan fingerprint density at radius 3 is 2.13 bits per heavy atom. The van der Waals surface area contributed by atoms with Crippen molar-refractivity contribution in [3.8, 4) is 0 Å². The van der Waals surface area contributed by atoms with E-state index in [9.17, 15) is 0 Å². The van der Waals surface area contributed by atoms with Gasteiger partial charge in [-0.2, -0.15) is 0 Å². The van der Waals surface area contributed by atoms with Crippen LogP contribution in [0.3, 0.4) is 0 Å². The van der Waals surface area contributed by atoms with Gasteiger partial charge in [-0.3, -0.25) is 4.40 Å². The van der Waals surface area contributed by atoms with Gasteiger partial charge in [0.05, 0.1) is 16.6 Å². The Morgan fingerprint density at radius 2 is 1.43 bits per heavy atom. The smallest absolute Gasteiger partial charge is 0.148 e. The van der Waals surface area contributed by atoms with Crippen LogP contribution in [0.5, 0.6) is 0 Å². The molecule has 2 heterocycles. The summed E-state index contributed by atoms with van der Waals surface area (Å²) in [7, 11) is 0. The van der Waals surface area contributed by atoms with Gasteiger partial charge in [-0.15, -0.1) is 0 Å². The molecule has 4 aliphatic carbocycles. The number of rotatable bonds is 0. The minimum Gasteiger partial charge on any atom is -0.279 e. The second kappa shape index (κ2) is 4.90. The van der Waals surface area contributed by atoms with E-state index in [-0.39, 0.29) is 5.41 Å². The Hall–Kier alpha value is -2.42. The molecule has 2 bridgehead atoms. The molecule has 0 saturated heterocycles. The van der Waals surface area contributed by atoms with Gasteiger partial charge in [0.15, 0.2) is 0 Å². The van der Waals surface area contributed by atoms with E-state index >= 15 is 0 Å². The molecule has 0 radical (unpaired) electrons. The molecule has 0 aliphatic heterocycles. The van der Waals surface area contributed by atoms with Crippen molar-refractivity contribution in [3.63, 3.8) is 0 Å². The van der Waals surface area contributed by atoms with Crippen LogP contribution in [0.2, 0.25) is 0 Å². The Bertz CT molecular complexity index is 1430. The van der Waals surface area contributed by atoms with Crippen LogP contribution in [0.4, 0.5) is 0 Å². The van der Waals surface area contributed by atoms with Crippen molar-refractivity contribution < 1.29 is 0 Å². The molecule has 0 N–H and O–H groups in total. The van der Waals surface area contributed by atoms with Crippen molar-refractivity contribution in [2.75, 3.05) is 0 Å². The molecule has 30 heavy (non-hydrogen) atoms. The maximum atomic E-state index is 5.30. The predicted molar refractivity (Wildman–Crippen MR) is 121 cm³/mol. The van der Waals surface area contributed by atoms with Crippen LogP contribution in [0.1, 0.15) is 105 Å². The van der Waals surface area contributed by atoms with Crippen molar-refractivity contribution in [3.05, 3.63) is 52.3 Å². The van der Waals surface area contributed by atoms with E-state index < -0.39 is 0 Å². The van der Waals surface area contributed by atoms with Crippen LogP contribution in [0.25, 0.3) is 27.6 Å². The van der Waals surface area contributed by atoms with Gasteiger partial charge in [0.1, 0.15) is 11.5 Å². The van der Waals surface area contributed by atoms with Gasteiger partial charge < -0.3 is 0 Å². The lowest BCUT2D eigenvalue weighted by Crippen LogP contribution is -2.32. The topological polar surface area (TPSA) is 30.2 Å². The number of hydrogen-bond acceptors (Lipinski definition) is 2. The van der Waals surface area contributed by atoms with Gasteiger partial charge in [-0.05, 0) is 102 Å². The molecule has 4 atom stereocenters. The third-order valence-corrected chi connectivity index (χ3v) is 8.80. The number of benzene rings is 2. The van der Waals surface area contributed by atoms with E-state index in [0.29, 0.717) is 0 Å². The normalized spacial score (nSPS) is 28.5. The average Bonchev–Trinajstić information content (AvgIpc) is 3.38. The van der Waals surface area contributed by atoms with E-state index in [4.69, 9.17) is 9.97 Å². The van der Waals surface area contributed by atoms with Gasteiger partial charge in [0, 0.05) is 10.8 Å². The monoisotopic (exact) mass is 393 g/mol.